The normalized spacial score (nSPS) is 8.43. The van der Waals surface area contributed by atoms with E-state index in [1.165, 1.54) is 0 Å². The van der Waals surface area contributed by atoms with E-state index >= 15 is 0 Å². The van der Waals surface area contributed by atoms with Crippen LogP contribution in [0.4, 0.5) is 0 Å². The SMILES string of the molecule is O=P(O)(O)O.[Mg].[Zn]. The van der Waals surface area contributed by atoms with Gasteiger partial charge in [-0.15, -0.1) is 0 Å². The Morgan fingerprint density at radius 1 is 1.14 bits per heavy atom. The maximum absolute atomic E-state index is 8.88. The Morgan fingerprint density at radius 3 is 1.14 bits per heavy atom. The van der Waals surface area contributed by atoms with Crippen LogP contribution in [0.3, 0.4) is 0 Å². The summed E-state index contributed by atoms with van der Waals surface area (Å²) in [6.45, 7) is 0. The van der Waals surface area contributed by atoms with Crippen molar-refractivity contribution in [1.29, 1.82) is 0 Å². The summed E-state index contributed by atoms with van der Waals surface area (Å²) in [6, 6.07) is 0. The van der Waals surface area contributed by atoms with Crippen LogP contribution in [-0.4, -0.2) is 37.7 Å². The maximum atomic E-state index is 8.88. The van der Waals surface area contributed by atoms with Crippen molar-refractivity contribution in [2.75, 3.05) is 0 Å². The molecule has 0 unspecified atom stereocenters. The summed E-state index contributed by atoms with van der Waals surface area (Å²) in [4.78, 5) is 21.6. The van der Waals surface area contributed by atoms with Gasteiger partial charge in [-0.25, -0.2) is 4.57 Å². The Labute approximate surface area is 69.5 Å². The van der Waals surface area contributed by atoms with Crippen LogP contribution in [0.1, 0.15) is 0 Å². The third kappa shape index (κ3) is 101. The van der Waals surface area contributed by atoms with Crippen LogP contribution in [0.25, 0.3) is 0 Å². The quantitative estimate of drug-likeness (QED) is 0.325. The van der Waals surface area contributed by atoms with Crippen molar-refractivity contribution in [2.45, 2.75) is 0 Å². The summed E-state index contributed by atoms with van der Waals surface area (Å²) in [7, 11) is -4.64. The van der Waals surface area contributed by atoms with Gasteiger partial charge in [0.2, 0.25) is 0 Å². The van der Waals surface area contributed by atoms with Crippen LogP contribution < -0.4 is 0 Å². The van der Waals surface area contributed by atoms with Crippen LogP contribution in [-0.2, 0) is 24.0 Å². The van der Waals surface area contributed by atoms with E-state index in [2.05, 4.69) is 0 Å². The molecule has 0 rings (SSSR count). The topological polar surface area (TPSA) is 77.8 Å². The van der Waals surface area contributed by atoms with E-state index in [-0.39, 0.29) is 42.5 Å². The summed E-state index contributed by atoms with van der Waals surface area (Å²) in [6.07, 6.45) is 0. The first kappa shape index (κ1) is 15.8. The van der Waals surface area contributed by atoms with Crippen molar-refractivity contribution in [1.82, 2.24) is 0 Å². The molecule has 4 nitrogen and oxygen atoms in total. The van der Waals surface area contributed by atoms with E-state index < -0.39 is 7.82 Å². The summed E-state index contributed by atoms with van der Waals surface area (Å²) in [5.41, 5.74) is 0. The number of hydrogen-bond acceptors (Lipinski definition) is 1. The van der Waals surface area contributed by atoms with Crippen molar-refractivity contribution >= 4 is 30.9 Å². The van der Waals surface area contributed by atoms with Crippen LogP contribution in [0.2, 0.25) is 0 Å². The van der Waals surface area contributed by atoms with Crippen LogP contribution in [0.15, 0.2) is 0 Å². The standard InChI is InChI=1S/Mg.H3O4P.Zn/c;1-5(2,3)4;/h;(H3,1,2,3,4);. The first-order chi connectivity index (χ1) is 2.00. The molecule has 0 aromatic carbocycles. The van der Waals surface area contributed by atoms with Gasteiger partial charge in [-0.2, -0.15) is 0 Å². The van der Waals surface area contributed by atoms with Gasteiger partial charge in [0.15, 0.2) is 0 Å². The summed E-state index contributed by atoms with van der Waals surface area (Å²) in [5.74, 6) is 0. The van der Waals surface area contributed by atoms with Gasteiger partial charge in [-0.05, 0) is 0 Å². The first-order valence-electron chi connectivity index (χ1n) is 0.783. The molecule has 0 aliphatic heterocycles. The maximum Gasteiger partial charge on any atom is 0.466 e. The second kappa shape index (κ2) is 5.63. The molecule has 0 spiro atoms. The van der Waals surface area contributed by atoms with E-state index in [4.69, 9.17) is 19.2 Å². The minimum atomic E-state index is -4.64. The fraction of sp³-hybridized carbons (Fsp3) is 0. The minimum absolute atomic E-state index is 0. The average molecular weight is 188 g/mol. The predicted octanol–water partition coefficient (Wildman–Crippen LogP) is -1.31. The van der Waals surface area contributed by atoms with Gasteiger partial charge in [0.05, 0.1) is 0 Å². The molecule has 0 atom stereocenters. The Kier molecular flexibility index (Phi) is 12.7. The zero-order chi connectivity index (χ0) is 4.50. The van der Waals surface area contributed by atoms with Crippen LogP contribution in [0.5, 0.6) is 0 Å². The second-order valence-corrected chi connectivity index (χ2v) is 1.54. The summed E-state index contributed by atoms with van der Waals surface area (Å²) in [5, 5.41) is 0. The molecule has 0 saturated carbocycles. The van der Waals surface area contributed by atoms with Gasteiger partial charge in [0.25, 0.3) is 0 Å². The van der Waals surface area contributed by atoms with Crippen molar-refractivity contribution in [3.8, 4) is 0 Å². The van der Waals surface area contributed by atoms with Gasteiger partial charge in [-0.1, -0.05) is 0 Å². The third-order valence-electron chi connectivity index (χ3n) is 0. The van der Waals surface area contributed by atoms with Gasteiger partial charge in [-0.3, -0.25) is 0 Å². The molecule has 0 heterocycles. The number of hydrogen-bond donors (Lipinski definition) is 3. The van der Waals surface area contributed by atoms with E-state index in [1.807, 2.05) is 0 Å². The largest absolute Gasteiger partial charge is 0.466 e. The Morgan fingerprint density at radius 2 is 1.14 bits per heavy atom. The zero-order valence-corrected chi connectivity index (χ0v) is 8.89. The van der Waals surface area contributed by atoms with Crippen LogP contribution >= 0.6 is 7.82 Å². The molecule has 0 bridgehead atoms. The van der Waals surface area contributed by atoms with E-state index in [0.717, 1.165) is 0 Å². The fourth-order valence-electron chi connectivity index (χ4n) is 0. The van der Waals surface area contributed by atoms with Crippen molar-refractivity contribution in [3.05, 3.63) is 0 Å². The van der Waals surface area contributed by atoms with Gasteiger partial charge in [0, 0.05) is 42.5 Å². The molecule has 0 amide bonds. The molecule has 0 aliphatic rings. The molecule has 2 radical (unpaired) electrons. The Balaban J connectivity index is -0.0000000800. The van der Waals surface area contributed by atoms with E-state index in [9.17, 15) is 0 Å². The summed E-state index contributed by atoms with van der Waals surface area (Å²) < 4.78 is 8.88. The molecule has 7 heteroatoms. The third-order valence-corrected chi connectivity index (χ3v) is 0. The molecule has 0 aliphatic carbocycles. The first-order valence-corrected chi connectivity index (χ1v) is 2.35. The molecule has 0 aromatic heterocycles. The monoisotopic (exact) mass is 186 g/mol. The van der Waals surface area contributed by atoms with E-state index in [0.29, 0.717) is 0 Å². The molecular weight excluding hydrogens is 185 g/mol. The summed E-state index contributed by atoms with van der Waals surface area (Å²) >= 11 is 0. The van der Waals surface area contributed by atoms with Gasteiger partial charge < -0.3 is 14.7 Å². The molecular formula is H3MgO4PZn. The molecule has 0 fully saturated rings. The second-order valence-electron chi connectivity index (χ2n) is 0.513. The minimum Gasteiger partial charge on any atom is -0.303 e. The number of phosphoric acid groups is 1. The zero-order valence-electron chi connectivity index (χ0n) is 3.61. The van der Waals surface area contributed by atoms with Crippen molar-refractivity contribution in [2.24, 2.45) is 0 Å². The number of rotatable bonds is 0. The van der Waals surface area contributed by atoms with Crippen LogP contribution in [0, 0.1) is 0 Å². The molecule has 7 heavy (non-hydrogen) atoms. The van der Waals surface area contributed by atoms with E-state index in [1.54, 1.807) is 0 Å². The fourth-order valence-corrected chi connectivity index (χ4v) is 0. The smallest absolute Gasteiger partial charge is 0.303 e. The average Bonchev–Trinajstić information content (AvgIpc) is 0.722. The predicted molar refractivity (Wildman–Crippen MR) is 20.0 cm³/mol. The van der Waals surface area contributed by atoms with Crippen molar-refractivity contribution in [3.63, 3.8) is 0 Å². The van der Waals surface area contributed by atoms with Gasteiger partial charge in [0.1, 0.15) is 0 Å². The molecule has 3 N–H and O–H groups in total. The molecule has 0 aromatic rings. The Bertz CT molecular complexity index is 57.8. The molecule has 0 saturated heterocycles. The Hall–Kier alpha value is 1.50. The molecule has 36 valence electrons. The van der Waals surface area contributed by atoms with Gasteiger partial charge >= 0.3 is 7.82 Å². The van der Waals surface area contributed by atoms with Crippen molar-refractivity contribution < 1.29 is 38.7 Å².